The first-order valence-corrected chi connectivity index (χ1v) is 13.0. The van der Waals surface area contributed by atoms with Crippen molar-refractivity contribution >= 4 is 17.8 Å². The van der Waals surface area contributed by atoms with Crippen LogP contribution in [0.2, 0.25) is 0 Å². The third kappa shape index (κ3) is 5.69. The van der Waals surface area contributed by atoms with Crippen LogP contribution in [0.15, 0.2) is 59.8 Å². The molecule has 1 aliphatic heterocycles. The predicted molar refractivity (Wildman–Crippen MR) is 139 cm³/mol. The van der Waals surface area contributed by atoms with E-state index in [1.165, 1.54) is 6.42 Å². The lowest BCUT2D eigenvalue weighted by atomic mass is 9.81. The Morgan fingerprint density at radius 3 is 2.50 bits per heavy atom. The van der Waals surface area contributed by atoms with Gasteiger partial charge >= 0.3 is 5.97 Å². The molecule has 2 aliphatic rings. The smallest absolute Gasteiger partial charge is 0.336 e. The zero-order chi connectivity index (χ0) is 25.7. The van der Waals surface area contributed by atoms with Crippen molar-refractivity contribution in [3.8, 4) is 0 Å². The van der Waals surface area contributed by atoms with E-state index in [0.717, 1.165) is 42.4 Å². The highest BCUT2D eigenvalue weighted by Gasteiger charge is 2.37. The van der Waals surface area contributed by atoms with Crippen LogP contribution < -0.4 is 5.32 Å². The van der Waals surface area contributed by atoms with Gasteiger partial charge in [-0.2, -0.15) is 0 Å². The molecule has 0 spiro atoms. The topological polar surface area (TPSA) is 75.7 Å². The lowest BCUT2D eigenvalue weighted by molar-refractivity contribution is -0.140. The van der Waals surface area contributed by atoms with Crippen LogP contribution in [0.25, 0.3) is 0 Å². The van der Waals surface area contributed by atoms with Gasteiger partial charge in [0.1, 0.15) is 0 Å². The number of allylic oxidation sites excluding steroid dienone is 1. The van der Waals surface area contributed by atoms with E-state index < -0.39 is 0 Å². The number of amides is 2. The van der Waals surface area contributed by atoms with Gasteiger partial charge in [0.15, 0.2) is 0 Å². The van der Waals surface area contributed by atoms with Crippen molar-refractivity contribution in [2.24, 2.45) is 0 Å². The van der Waals surface area contributed by atoms with E-state index in [1.54, 1.807) is 17.9 Å². The molecule has 190 valence electrons. The van der Waals surface area contributed by atoms with Crippen LogP contribution in [0.4, 0.5) is 0 Å². The molecule has 0 radical (unpaired) electrons. The number of nitrogens with zero attached hydrogens (tertiary/aromatic N) is 1. The number of carbonyl (C=O) groups excluding carboxylic acids is 3. The standard InChI is InChI=1S/C30H36N2O4/c1-4-36-30(35)28-21(3)32(27(33)18-26(28)25-16-9-8-11-20(25)2)19-22-12-10-13-23(17-22)29(34)31-24-14-6-5-7-15-24/h8-13,16-17,24,26H,4-7,14-15,18-19H2,1-3H3,(H,31,34). The fourth-order valence-corrected chi connectivity index (χ4v) is 5.43. The molecular weight excluding hydrogens is 452 g/mol. The molecule has 2 aromatic carbocycles. The largest absolute Gasteiger partial charge is 0.463 e. The molecule has 6 heteroatoms. The number of carbonyl (C=O) groups is 3. The summed E-state index contributed by atoms with van der Waals surface area (Å²) in [6, 6.07) is 15.5. The van der Waals surface area contributed by atoms with Crippen LogP contribution >= 0.6 is 0 Å². The van der Waals surface area contributed by atoms with Gasteiger partial charge < -0.3 is 15.0 Å². The average Bonchev–Trinajstić information content (AvgIpc) is 2.87. The summed E-state index contributed by atoms with van der Waals surface area (Å²) >= 11 is 0. The van der Waals surface area contributed by atoms with Gasteiger partial charge in [-0.15, -0.1) is 0 Å². The average molecular weight is 489 g/mol. The summed E-state index contributed by atoms with van der Waals surface area (Å²) in [5.74, 6) is -0.860. The van der Waals surface area contributed by atoms with Crippen LogP contribution in [0, 0.1) is 6.92 Å². The van der Waals surface area contributed by atoms with E-state index in [4.69, 9.17) is 4.74 Å². The number of benzene rings is 2. The van der Waals surface area contributed by atoms with Gasteiger partial charge in [0.25, 0.3) is 5.91 Å². The van der Waals surface area contributed by atoms with Gasteiger partial charge in [-0.1, -0.05) is 55.7 Å². The molecule has 1 unspecified atom stereocenters. The summed E-state index contributed by atoms with van der Waals surface area (Å²) in [6.45, 7) is 6.15. The number of aryl methyl sites for hydroxylation is 1. The summed E-state index contributed by atoms with van der Waals surface area (Å²) in [5.41, 5.74) is 4.57. The zero-order valence-electron chi connectivity index (χ0n) is 21.5. The van der Waals surface area contributed by atoms with Crippen LogP contribution in [0.1, 0.15) is 85.3 Å². The Morgan fingerprint density at radius 1 is 1.03 bits per heavy atom. The minimum atomic E-state index is -0.388. The highest BCUT2D eigenvalue weighted by molar-refractivity contribution is 5.96. The second kappa shape index (κ2) is 11.5. The minimum absolute atomic E-state index is 0.0501. The number of ether oxygens (including phenoxy) is 1. The molecule has 36 heavy (non-hydrogen) atoms. The van der Waals surface area contributed by atoms with Crippen molar-refractivity contribution in [2.45, 2.75) is 77.8 Å². The molecule has 1 aliphatic carbocycles. The second-order valence-electron chi connectivity index (χ2n) is 9.82. The fourth-order valence-electron chi connectivity index (χ4n) is 5.43. The van der Waals surface area contributed by atoms with E-state index in [-0.39, 0.29) is 42.8 Å². The molecule has 1 heterocycles. The highest BCUT2D eigenvalue weighted by Crippen LogP contribution is 2.39. The third-order valence-electron chi connectivity index (χ3n) is 7.35. The molecule has 6 nitrogen and oxygen atoms in total. The van der Waals surface area contributed by atoms with Gasteiger partial charge in [-0.05, 0) is 62.4 Å². The van der Waals surface area contributed by atoms with Crippen molar-refractivity contribution in [1.29, 1.82) is 0 Å². The van der Waals surface area contributed by atoms with E-state index in [2.05, 4.69) is 5.32 Å². The summed E-state index contributed by atoms with van der Waals surface area (Å²) < 4.78 is 5.41. The Balaban J connectivity index is 1.60. The Morgan fingerprint density at radius 2 is 1.78 bits per heavy atom. The van der Waals surface area contributed by atoms with Crippen LogP contribution in [0.5, 0.6) is 0 Å². The van der Waals surface area contributed by atoms with Crippen molar-refractivity contribution in [1.82, 2.24) is 10.2 Å². The molecule has 0 saturated heterocycles. The first kappa shape index (κ1) is 25.7. The lowest BCUT2D eigenvalue weighted by Crippen LogP contribution is -2.38. The Bertz CT molecular complexity index is 1160. The molecule has 2 aromatic rings. The van der Waals surface area contributed by atoms with Crippen LogP contribution in [0.3, 0.4) is 0 Å². The molecule has 1 atom stereocenters. The molecule has 4 rings (SSSR count). The molecule has 0 aromatic heterocycles. The van der Waals surface area contributed by atoms with Gasteiger partial charge in [0.05, 0.1) is 18.7 Å². The maximum atomic E-state index is 13.4. The van der Waals surface area contributed by atoms with Crippen molar-refractivity contribution in [2.75, 3.05) is 6.61 Å². The summed E-state index contributed by atoms with van der Waals surface area (Å²) in [7, 11) is 0. The first-order chi connectivity index (χ1) is 17.4. The maximum Gasteiger partial charge on any atom is 0.336 e. The van der Waals surface area contributed by atoms with E-state index in [1.807, 2.05) is 56.3 Å². The number of nitrogens with one attached hydrogen (secondary N) is 1. The molecule has 2 amide bonds. The van der Waals surface area contributed by atoms with Gasteiger partial charge in [0.2, 0.25) is 5.91 Å². The lowest BCUT2D eigenvalue weighted by Gasteiger charge is -2.35. The van der Waals surface area contributed by atoms with Gasteiger partial charge in [-0.3, -0.25) is 9.59 Å². The third-order valence-corrected chi connectivity index (χ3v) is 7.35. The first-order valence-electron chi connectivity index (χ1n) is 13.0. The summed E-state index contributed by atoms with van der Waals surface area (Å²) in [5, 5.41) is 3.16. The van der Waals surface area contributed by atoms with Crippen LogP contribution in [-0.4, -0.2) is 35.3 Å². The molecule has 1 saturated carbocycles. The van der Waals surface area contributed by atoms with Gasteiger partial charge in [0, 0.05) is 29.6 Å². The molecule has 1 N–H and O–H groups in total. The Labute approximate surface area is 213 Å². The number of hydrogen-bond donors (Lipinski definition) is 1. The van der Waals surface area contributed by atoms with E-state index in [0.29, 0.717) is 23.4 Å². The second-order valence-corrected chi connectivity index (χ2v) is 9.82. The highest BCUT2D eigenvalue weighted by atomic mass is 16.5. The van der Waals surface area contributed by atoms with Crippen LogP contribution in [-0.2, 0) is 20.9 Å². The normalized spacial score (nSPS) is 18.8. The van der Waals surface area contributed by atoms with Crippen molar-refractivity contribution in [3.05, 3.63) is 82.1 Å². The SMILES string of the molecule is CCOC(=O)C1=C(C)N(Cc2cccc(C(=O)NC3CCCCC3)c2)C(=O)CC1c1ccccc1C. The van der Waals surface area contributed by atoms with Crippen molar-refractivity contribution in [3.63, 3.8) is 0 Å². The fraction of sp³-hybridized carbons (Fsp3) is 0.433. The Hall–Kier alpha value is -3.41. The zero-order valence-corrected chi connectivity index (χ0v) is 21.5. The molecular formula is C30H36N2O4. The molecule has 1 fully saturated rings. The van der Waals surface area contributed by atoms with E-state index >= 15 is 0 Å². The predicted octanol–water partition coefficient (Wildman–Crippen LogP) is 5.41. The van der Waals surface area contributed by atoms with Gasteiger partial charge in [-0.25, -0.2) is 4.79 Å². The summed E-state index contributed by atoms with van der Waals surface area (Å²) in [4.78, 5) is 41.0. The maximum absolute atomic E-state index is 13.4. The number of rotatable bonds is 7. The monoisotopic (exact) mass is 488 g/mol. The quantitative estimate of drug-likeness (QED) is 0.529. The Kier molecular flexibility index (Phi) is 8.24. The summed E-state index contributed by atoms with van der Waals surface area (Å²) in [6.07, 6.45) is 5.78. The number of esters is 1. The molecule has 0 bridgehead atoms. The minimum Gasteiger partial charge on any atom is -0.463 e. The van der Waals surface area contributed by atoms with Crippen molar-refractivity contribution < 1.29 is 19.1 Å². The van der Waals surface area contributed by atoms with E-state index in [9.17, 15) is 14.4 Å². The number of hydrogen-bond acceptors (Lipinski definition) is 4.